The van der Waals surface area contributed by atoms with E-state index in [1.807, 2.05) is 20.8 Å². The van der Waals surface area contributed by atoms with Gasteiger partial charge < -0.3 is 15.4 Å². The summed E-state index contributed by atoms with van der Waals surface area (Å²) in [7, 11) is 0. The minimum Gasteiger partial charge on any atom is -0.382 e. The first-order valence-corrected chi connectivity index (χ1v) is 11.0. The third-order valence-corrected chi connectivity index (χ3v) is 5.21. The first-order valence-electron chi connectivity index (χ1n) is 11.0. The number of ether oxygens (including phenoxy) is 1. The Kier molecular flexibility index (Phi) is 8.32. The van der Waals surface area contributed by atoms with Crippen molar-refractivity contribution in [3.05, 3.63) is 76.9 Å². The summed E-state index contributed by atoms with van der Waals surface area (Å²) in [5.41, 5.74) is 4.09. The number of anilines is 1. The van der Waals surface area contributed by atoms with Crippen LogP contribution >= 0.6 is 0 Å². The first kappa shape index (κ1) is 24.1. The van der Waals surface area contributed by atoms with Crippen molar-refractivity contribution in [1.82, 2.24) is 15.1 Å². The Morgan fingerprint density at radius 3 is 2.61 bits per heavy atom. The zero-order valence-corrected chi connectivity index (χ0v) is 19.2. The molecule has 2 amide bonds. The lowest BCUT2D eigenvalue weighted by atomic mass is 10.1. The third kappa shape index (κ3) is 6.49. The third-order valence-electron chi connectivity index (χ3n) is 5.21. The summed E-state index contributed by atoms with van der Waals surface area (Å²) in [6.45, 7) is 7.42. The van der Waals surface area contributed by atoms with Crippen molar-refractivity contribution in [2.45, 2.75) is 33.6 Å². The van der Waals surface area contributed by atoms with Crippen molar-refractivity contribution >= 4 is 17.5 Å². The van der Waals surface area contributed by atoms with Crippen LogP contribution in [0.2, 0.25) is 0 Å². The van der Waals surface area contributed by atoms with Gasteiger partial charge in [0.15, 0.2) is 0 Å². The maximum Gasteiger partial charge on any atom is 0.251 e. The van der Waals surface area contributed by atoms with Crippen LogP contribution in [0, 0.1) is 19.7 Å². The standard InChI is InChI=1S/C25H29FN4O3/c1-4-33-14-6-13-27-25(32)19-7-5-8-21(15-19)28-24(31)16-23-17(2)29-30(18(23)3)22-11-9-20(26)10-12-22/h5,7-12,15H,4,6,13-14,16H2,1-3H3,(H,27,32)(H,28,31). The zero-order chi connectivity index (χ0) is 23.8. The van der Waals surface area contributed by atoms with Crippen LogP contribution in [-0.4, -0.2) is 41.4 Å². The van der Waals surface area contributed by atoms with Crippen molar-refractivity contribution < 1.29 is 18.7 Å². The number of aryl methyl sites for hydroxylation is 1. The molecule has 0 bridgehead atoms. The highest BCUT2D eigenvalue weighted by atomic mass is 19.1. The highest BCUT2D eigenvalue weighted by Gasteiger charge is 2.16. The molecule has 0 atom stereocenters. The summed E-state index contributed by atoms with van der Waals surface area (Å²) in [4.78, 5) is 25.1. The molecule has 0 unspecified atom stereocenters. The number of amides is 2. The van der Waals surface area contributed by atoms with Crippen LogP contribution in [0.1, 0.15) is 40.7 Å². The van der Waals surface area contributed by atoms with Crippen LogP contribution in [0.15, 0.2) is 48.5 Å². The average Bonchev–Trinajstić information content (AvgIpc) is 3.07. The van der Waals surface area contributed by atoms with Gasteiger partial charge in [0, 0.05) is 42.3 Å². The number of halogens is 1. The molecule has 3 aromatic rings. The Labute approximate surface area is 193 Å². The molecule has 33 heavy (non-hydrogen) atoms. The van der Waals surface area contributed by atoms with Crippen molar-refractivity contribution in [3.8, 4) is 5.69 Å². The van der Waals surface area contributed by atoms with Gasteiger partial charge in [0.2, 0.25) is 5.91 Å². The molecule has 1 heterocycles. The average molecular weight is 453 g/mol. The van der Waals surface area contributed by atoms with Crippen molar-refractivity contribution in [2.75, 3.05) is 25.1 Å². The van der Waals surface area contributed by atoms with E-state index in [2.05, 4.69) is 15.7 Å². The van der Waals surface area contributed by atoms with E-state index in [0.717, 1.165) is 29.1 Å². The van der Waals surface area contributed by atoms with E-state index in [4.69, 9.17) is 4.74 Å². The molecule has 0 radical (unpaired) electrons. The minimum absolute atomic E-state index is 0.132. The number of hydrogen-bond donors (Lipinski definition) is 2. The van der Waals surface area contributed by atoms with Gasteiger partial charge in [-0.1, -0.05) is 6.07 Å². The second-order valence-electron chi connectivity index (χ2n) is 7.65. The fourth-order valence-electron chi connectivity index (χ4n) is 3.49. The zero-order valence-electron chi connectivity index (χ0n) is 19.2. The van der Waals surface area contributed by atoms with Crippen LogP contribution in [0.3, 0.4) is 0 Å². The van der Waals surface area contributed by atoms with Crippen molar-refractivity contribution in [3.63, 3.8) is 0 Å². The van der Waals surface area contributed by atoms with Crippen LogP contribution in [0.5, 0.6) is 0 Å². The van der Waals surface area contributed by atoms with E-state index in [-0.39, 0.29) is 24.1 Å². The molecule has 0 aliphatic rings. The van der Waals surface area contributed by atoms with Crippen molar-refractivity contribution in [2.24, 2.45) is 0 Å². The summed E-state index contributed by atoms with van der Waals surface area (Å²) < 4.78 is 20.2. The van der Waals surface area contributed by atoms with Gasteiger partial charge in [-0.15, -0.1) is 0 Å². The molecule has 2 aromatic carbocycles. The number of carbonyl (C=O) groups is 2. The molecule has 0 fully saturated rings. The van der Waals surface area contributed by atoms with Gasteiger partial charge in [0.05, 0.1) is 17.8 Å². The Morgan fingerprint density at radius 1 is 1.12 bits per heavy atom. The first-order chi connectivity index (χ1) is 15.9. The topological polar surface area (TPSA) is 85.2 Å². The molecule has 8 heteroatoms. The van der Waals surface area contributed by atoms with Gasteiger partial charge in [0.25, 0.3) is 5.91 Å². The summed E-state index contributed by atoms with van der Waals surface area (Å²) in [5, 5.41) is 10.2. The maximum absolute atomic E-state index is 13.2. The van der Waals surface area contributed by atoms with Crippen LogP contribution in [-0.2, 0) is 16.0 Å². The monoisotopic (exact) mass is 452 g/mol. The molecule has 7 nitrogen and oxygen atoms in total. The molecular weight excluding hydrogens is 423 g/mol. The van der Waals surface area contributed by atoms with E-state index < -0.39 is 0 Å². The van der Waals surface area contributed by atoms with Gasteiger partial charge in [-0.3, -0.25) is 9.59 Å². The largest absolute Gasteiger partial charge is 0.382 e. The molecule has 2 N–H and O–H groups in total. The SMILES string of the molecule is CCOCCCNC(=O)c1cccc(NC(=O)Cc2c(C)nn(-c3ccc(F)cc3)c2C)c1. The van der Waals surface area contributed by atoms with E-state index >= 15 is 0 Å². The Morgan fingerprint density at radius 2 is 1.88 bits per heavy atom. The lowest BCUT2D eigenvalue weighted by Gasteiger charge is -2.09. The molecule has 174 valence electrons. The number of aromatic nitrogens is 2. The smallest absolute Gasteiger partial charge is 0.251 e. The maximum atomic E-state index is 13.2. The highest BCUT2D eigenvalue weighted by Crippen LogP contribution is 2.20. The number of nitrogens with zero attached hydrogens (tertiary/aromatic N) is 2. The van der Waals surface area contributed by atoms with Crippen LogP contribution in [0.25, 0.3) is 5.69 Å². The fourth-order valence-corrected chi connectivity index (χ4v) is 3.49. The molecule has 0 aliphatic heterocycles. The lowest BCUT2D eigenvalue weighted by Crippen LogP contribution is -2.25. The summed E-state index contributed by atoms with van der Waals surface area (Å²) in [5.74, 6) is -0.731. The number of rotatable bonds is 10. The molecule has 1 aromatic heterocycles. The molecule has 0 saturated heterocycles. The number of hydrogen-bond acceptors (Lipinski definition) is 4. The molecular formula is C25H29FN4O3. The number of benzene rings is 2. The molecule has 0 spiro atoms. The van der Waals surface area contributed by atoms with Gasteiger partial charge in [-0.2, -0.15) is 5.10 Å². The van der Waals surface area contributed by atoms with E-state index in [9.17, 15) is 14.0 Å². The highest BCUT2D eigenvalue weighted by molar-refractivity contribution is 5.97. The summed E-state index contributed by atoms with van der Waals surface area (Å²) in [6.07, 6.45) is 0.868. The fraction of sp³-hybridized carbons (Fsp3) is 0.320. The number of nitrogens with one attached hydrogen (secondary N) is 2. The van der Waals surface area contributed by atoms with Gasteiger partial charge in [-0.05, 0) is 69.7 Å². The Bertz CT molecular complexity index is 1110. The minimum atomic E-state index is -0.318. The molecule has 3 rings (SSSR count). The lowest BCUT2D eigenvalue weighted by molar-refractivity contribution is -0.115. The normalized spacial score (nSPS) is 10.8. The second kappa shape index (κ2) is 11.4. The van der Waals surface area contributed by atoms with Crippen LogP contribution < -0.4 is 10.6 Å². The summed E-state index contributed by atoms with van der Waals surface area (Å²) in [6, 6.07) is 12.9. The Hall–Kier alpha value is -3.52. The van der Waals surface area contributed by atoms with Crippen molar-refractivity contribution in [1.29, 1.82) is 0 Å². The molecule has 0 saturated carbocycles. The van der Waals surface area contributed by atoms with E-state index in [1.54, 1.807) is 41.1 Å². The summed E-state index contributed by atoms with van der Waals surface area (Å²) >= 11 is 0. The molecule has 0 aliphatic carbocycles. The van der Waals surface area contributed by atoms with E-state index in [1.165, 1.54) is 12.1 Å². The van der Waals surface area contributed by atoms with Gasteiger partial charge in [-0.25, -0.2) is 9.07 Å². The predicted octanol–water partition coefficient (Wildman–Crippen LogP) is 3.97. The van der Waals surface area contributed by atoms with E-state index in [0.29, 0.717) is 31.0 Å². The Balaban J connectivity index is 1.63. The van der Waals surface area contributed by atoms with Crippen LogP contribution in [0.4, 0.5) is 10.1 Å². The predicted molar refractivity (Wildman–Crippen MR) is 125 cm³/mol. The van der Waals surface area contributed by atoms with Gasteiger partial charge in [0.1, 0.15) is 5.82 Å². The van der Waals surface area contributed by atoms with Gasteiger partial charge >= 0.3 is 0 Å². The quantitative estimate of drug-likeness (QED) is 0.456. The second-order valence-corrected chi connectivity index (χ2v) is 7.65. The number of carbonyl (C=O) groups excluding carboxylic acids is 2.